The molecule has 0 aromatic carbocycles. The van der Waals surface area contributed by atoms with E-state index in [1.807, 2.05) is 13.8 Å². The van der Waals surface area contributed by atoms with Crippen LogP contribution in [0.2, 0.25) is 0 Å². The summed E-state index contributed by atoms with van der Waals surface area (Å²) in [6.45, 7) is 4.69. The fraction of sp³-hybridized carbons (Fsp3) is 0.688. The van der Waals surface area contributed by atoms with Crippen molar-refractivity contribution in [2.75, 3.05) is 11.9 Å². The van der Waals surface area contributed by atoms with Crippen LogP contribution >= 0.6 is 0 Å². The summed E-state index contributed by atoms with van der Waals surface area (Å²) >= 11 is 0. The Morgan fingerprint density at radius 1 is 1.43 bits per heavy atom. The van der Waals surface area contributed by atoms with Crippen molar-refractivity contribution in [3.63, 3.8) is 0 Å². The molecule has 1 saturated carbocycles. The van der Waals surface area contributed by atoms with Gasteiger partial charge in [0.2, 0.25) is 0 Å². The van der Waals surface area contributed by atoms with Crippen LogP contribution in [0.3, 0.4) is 0 Å². The summed E-state index contributed by atoms with van der Waals surface area (Å²) in [7, 11) is 0. The number of rotatable bonds is 7. The highest BCUT2D eigenvalue weighted by molar-refractivity contribution is 5.91. The first kappa shape index (κ1) is 15.7. The number of anilines is 1. The summed E-state index contributed by atoms with van der Waals surface area (Å²) in [6, 6.07) is 0. The molecular formula is C16H25N3O2. The molecule has 1 aliphatic rings. The molecule has 0 amide bonds. The molecule has 1 aromatic heterocycles. The third-order valence-electron chi connectivity index (χ3n) is 4.11. The zero-order valence-electron chi connectivity index (χ0n) is 12.9. The largest absolute Gasteiger partial charge is 0.476 e. The number of carbonyl (C=O) groups is 1. The number of hydrogen-bond acceptors (Lipinski definition) is 4. The van der Waals surface area contributed by atoms with E-state index in [-0.39, 0.29) is 11.6 Å². The van der Waals surface area contributed by atoms with Crippen molar-refractivity contribution in [2.24, 2.45) is 5.92 Å². The van der Waals surface area contributed by atoms with Gasteiger partial charge in [-0.05, 0) is 18.8 Å². The quantitative estimate of drug-likeness (QED) is 0.749. The lowest BCUT2D eigenvalue weighted by Gasteiger charge is -2.12. The molecule has 5 heteroatoms. The third-order valence-corrected chi connectivity index (χ3v) is 4.11. The van der Waals surface area contributed by atoms with E-state index in [2.05, 4.69) is 15.3 Å². The van der Waals surface area contributed by atoms with Gasteiger partial charge in [0.1, 0.15) is 5.82 Å². The van der Waals surface area contributed by atoms with E-state index < -0.39 is 5.97 Å². The standard InChI is InChI=1S/C16H25N3O2/c1-11(2)15-18-10-13(14(19-15)16(20)21)17-9-5-8-12-6-3-4-7-12/h10-12,17H,3-9H2,1-2H3,(H,20,21). The fourth-order valence-electron chi connectivity index (χ4n) is 2.88. The van der Waals surface area contributed by atoms with Gasteiger partial charge >= 0.3 is 5.97 Å². The molecule has 116 valence electrons. The van der Waals surface area contributed by atoms with Gasteiger partial charge in [0, 0.05) is 12.5 Å². The molecule has 2 N–H and O–H groups in total. The van der Waals surface area contributed by atoms with E-state index in [0.717, 1.165) is 18.9 Å². The van der Waals surface area contributed by atoms with Gasteiger partial charge in [0.15, 0.2) is 5.69 Å². The van der Waals surface area contributed by atoms with Gasteiger partial charge in [-0.1, -0.05) is 39.5 Å². The van der Waals surface area contributed by atoms with Crippen molar-refractivity contribution in [1.82, 2.24) is 9.97 Å². The van der Waals surface area contributed by atoms with Crippen LogP contribution in [0.1, 0.15) is 74.6 Å². The summed E-state index contributed by atoms with van der Waals surface area (Å²) in [6.07, 6.45) is 9.33. The van der Waals surface area contributed by atoms with E-state index in [0.29, 0.717) is 11.5 Å². The predicted octanol–water partition coefficient (Wildman–Crippen LogP) is 3.68. The lowest BCUT2D eigenvalue weighted by atomic mass is 10.0. The highest BCUT2D eigenvalue weighted by atomic mass is 16.4. The molecule has 1 aliphatic carbocycles. The van der Waals surface area contributed by atoms with Gasteiger partial charge in [0.25, 0.3) is 0 Å². The number of hydrogen-bond donors (Lipinski definition) is 2. The van der Waals surface area contributed by atoms with Crippen molar-refractivity contribution < 1.29 is 9.90 Å². The second-order valence-electron chi connectivity index (χ2n) is 6.17. The van der Waals surface area contributed by atoms with Gasteiger partial charge in [-0.3, -0.25) is 0 Å². The van der Waals surface area contributed by atoms with E-state index in [1.54, 1.807) is 6.20 Å². The monoisotopic (exact) mass is 291 g/mol. The summed E-state index contributed by atoms with van der Waals surface area (Å²) in [5.74, 6) is 0.561. The maximum Gasteiger partial charge on any atom is 0.356 e. The summed E-state index contributed by atoms with van der Waals surface area (Å²) in [5, 5.41) is 12.4. The summed E-state index contributed by atoms with van der Waals surface area (Å²) in [4.78, 5) is 19.7. The zero-order chi connectivity index (χ0) is 15.2. The number of carboxylic acids is 1. The molecule has 2 rings (SSSR count). The van der Waals surface area contributed by atoms with Crippen molar-refractivity contribution >= 4 is 11.7 Å². The van der Waals surface area contributed by atoms with Crippen LogP contribution in [0.25, 0.3) is 0 Å². The highest BCUT2D eigenvalue weighted by Crippen LogP contribution is 2.28. The Bertz CT molecular complexity index is 482. The first-order valence-electron chi connectivity index (χ1n) is 7.92. The van der Waals surface area contributed by atoms with Crippen LogP contribution < -0.4 is 5.32 Å². The van der Waals surface area contributed by atoms with Crippen molar-refractivity contribution in [1.29, 1.82) is 0 Å². The van der Waals surface area contributed by atoms with Crippen molar-refractivity contribution in [2.45, 2.75) is 58.3 Å². The van der Waals surface area contributed by atoms with Crippen LogP contribution in [0.4, 0.5) is 5.69 Å². The van der Waals surface area contributed by atoms with Gasteiger partial charge in [-0.2, -0.15) is 0 Å². The summed E-state index contributed by atoms with van der Waals surface area (Å²) in [5.41, 5.74) is 0.605. The van der Waals surface area contributed by atoms with Gasteiger partial charge in [0.05, 0.1) is 11.9 Å². The Kier molecular flexibility index (Phi) is 5.53. The van der Waals surface area contributed by atoms with E-state index in [1.165, 1.54) is 32.1 Å². The Morgan fingerprint density at radius 2 is 2.14 bits per heavy atom. The van der Waals surface area contributed by atoms with Gasteiger partial charge < -0.3 is 10.4 Å². The molecule has 1 heterocycles. The Labute approximate surface area is 126 Å². The van der Waals surface area contributed by atoms with Crippen LogP contribution in [-0.2, 0) is 0 Å². The normalized spacial score (nSPS) is 15.6. The predicted molar refractivity (Wildman–Crippen MR) is 82.8 cm³/mol. The summed E-state index contributed by atoms with van der Waals surface area (Å²) < 4.78 is 0. The molecule has 1 fully saturated rings. The smallest absolute Gasteiger partial charge is 0.356 e. The van der Waals surface area contributed by atoms with Crippen molar-refractivity contribution in [3.8, 4) is 0 Å². The lowest BCUT2D eigenvalue weighted by Crippen LogP contribution is -2.13. The van der Waals surface area contributed by atoms with Gasteiger partial charge in [-0.15, -0.1) is 0 Å². The van der Waals surface area contributed by atoms with Gasteiger partial charge in [-0.25, -0.2) is 14.8 Å². The average molecular weight is 291 g/mol. The molecule has 21 heavy (non-hydrogen) atoms. The minimum atomic E-state index is -1.00. The maximum absolute atomic E-state index is 11.3. The first-order valence-corrected chi connectivity index (χ1v) is 7.92. The Hall–Kier alpha value is -1.65. The zero-order valence-corrected chi connectivity index (χ0v) is 12.9. The number of nitrogens with one attached hydrogen (secondary N) is 1. The molecule has 0 spiro atoms. The first-order chi connectivity index (χ1) is 10.1. The molecule has 0 radical (unpaired) electrons. The minimum Gasteiger partial charge on any atom is -0.476 e. The van der Waals surface area contributed by atoms with Crippen LogP contribution in [-0.4, -0.2) is 27.6 Å². The molecule has 0 atom stereocenters. The molecular weight excluding hydrogens is 266 g/mol. The molecule has 0 bridgehead atoms. The van der Waals surface area contributed by atoms with E-state index in [9.17, 15) is 9.90 Å². The minimum absolute atomic E-state index is 0.0783. The SMILES string of the molecule is CC(C)c1ncc(NCCCC2CCCC2)c(C(=O)O)n1. The Balaban J connectivity index is 1.90. The van der Waals surface area contributed by atoms with Crippen LogP contribution in [0.5, 0.6) is 0 Å². The van der Waals surface area contributed by atoms with Crippen LogP contribution in [0.15, 0.2) is 6.20 Å². The molecule has 5 nitrogen and oxygen atoms in total. The van der Waals surface area contributed by atoms with E-state index >= 15 is 0 Å². The third kappa shape index (κ3) is 4.41. The van der Waals surface area contributed by atoms with Crippen LogP contribution in [0, 0.1) is 5.92 Å². The molecule has 1 aromatic rings. The number of aromatic nitrogens is 2. The lowest BCUT2D eigenvalue weighted by molar-refractivity contribution is 0.0691. The average Bonchev–Trinajstić information content (AvgIpc) is 2.96. The maximum atomic E-state index is 11.3. The topological polar surface area (TPSA) is 75.1 Å². The molecule has 0 unspecified atom stereocenters. The molecule has 0 aliphatic heterocycles. The number of nitrogens with zero attached hydrogens (tertiary/aromatic N) is 2. The number of aromatic carboxylic acids is 1. The second kappa shape index (κ2) is 7.38. The number of carboxylic acid groups (broad SMARTS) is 1. The molecule has 0 saturated heterocycles. The Morgan fingerprint density at radius 3 is 2.76 bits per heavy atom. The second-order valence-corrected chi connectivity index (χ2v) is 6.17. The highest BCUT2D eigenvalue weighted by Gasteiger charge is 2.16. The van der Waals surface area contributed by atoms with Crippen molar-refractivity contribution in [3.05, 3.63) is 17.7 Å². The van der Waals surface area contributed by atoms with E-state index in [4.69, 9.17) is 0 Å². The fourth-order valence-corrected chi connectivity index (χ4v) is 2.88.